The molecule has 4 rings (SSSR count). The van der Waals surface area contributed by atoms with Gasteiger partial charge in [-0.15, -0.1) is 10.2 Å². The number of amides is 1. The third kappa shape index (κ3) is 4.91. The van der Waals surface area contributed by atoms with Crippen molar-refractivity contribution >= 4 is 23.4 Å². The first kappa shape index (κ1) is 24.8. The second-order valence-corrected chi connectivity index (χ2v) is 9.46. The Morgan fingerprint density at radius 3 is 2.63 bits per heavy atom. The molecular weight excluding hydrogens is 464 g/mol. The maximum absolute atomic E-state index is 13.2. The Labute approximate surface area is 210 Å². The number of benzene rings is 2. The molecule has 0 unspecified atom stereocenters. The maximum atomic E-state index is 13.2. The number of nitrogens with zero attached hydrogens (tertiary/aromatic N) is 4. The van der Waals surface area contributed by atoms with Crippen molar-refractivity contribution in [1.82, 2.24) is 15.2 Å². The summed E-state index contributed by atoms with van der Waals surface area (Å²) in [6, 6.07) is 9.45. The van der Waals surface area contributed by atoms with Crippen molar-refractivity contribution in [3.63, 3.8) is 0 Å². The number of unbranched alkanes of at least 4 members (excludes halogenated alkanes) is 1. The van der Waals surface area contributed by atoms with Gasteiger partial charge in [0.25, 0.3) is 0 Å². The molecule has 184 valence electrons. The standard InChI is InChI=1S/C26H30N4O4S/c1-7-8-11-35-26-27-24-22(28-29-26)20-13-15(2)12-16(3)23(20)30(17(4)31)25(34-24)19-14-18(32-5)9-10-21(19)33-6/h9-10,12-14,25H,7-8,11H2,1-6H3/t25-/m1/s1. The number of rotatable bonds is 7. The lowest BCUT2D eigenvalue weighted by atomic mass is 10.00. The minimum absolute atomic E-state index is 0.189. The van der Waals surface area contributed by atoms with E-state index in [2.05, 4.69) is 17.1 Å². The summed E-state index contributed by atoms with van der Waals surface area (Å²) in [6.07, 6.45) is 1.28. The number of carbonyl (C=O) groups excluding carboxylic acids is 1. The van der Waals surface area contributed by atoms with Crippen LogP contribution in [0, 0.1) is 13.8 Å². The number of anilines is 1. The summed E-state index contributed by atoms with van der Waals surface area (Å²) < 4.78 is 17.6. The lowest BCUT2D eigenvalue weighted by molar-refractivity contribution is -0.118. The number of methoxy groups -OCH3 is 2. The summed E-state index contributed by atoms with van der Waals surface area (Å²) >= 11 is 1.54. The van der Waals surface area contributed by atoms with Crippen LogP contribution in [0.3, 0.4) is 0 Å². The summed E-state index contributed by atoms with van der Waals surface area (Å²) in [6.45, 7) is 7.65. The van der Waals surface area contributed by atoms with E-state index in [0.717, 1.165) is 35.3 Å². The van der Waals surface area contributed by atoms with Crippen LogP contribution in [0.5, 0.6) is 17.4 Å². The van der Waals surface area contributed by atoms with E-state index < -0.39 is 6.23 Å². The molecule has 2 aromatic carbocycles. The van der Waals surface area contributed by atoms with Gasteiger partial charge in [0.05, 0.1) is 25.5 Å². The first-order chi connectivity index (χ1) is 16.9. The van der Waals surface area contributed by atoms with E-state index in [4.69, 9.17) is 19.2 Å². The van der Waals surface area contributed by atoms with Crippen molar-refractivity contribution in [3.8, 4) is 28.6 Å². The Balaban J connectivity index is 1.97. The van der Waals surface area contributed by atoms with E-state index in [1.54, 1.807) is 43.0 Å². The minimum Gasteiger partial charge on any atom is -0.497 e. The van der Waals surface area contributed by atoms with Gasteiger partial charge in [0.15, 0.2) is 5.69 Å². The molecule has 3 aromatic rings. The second kappa shape index (κ2) is 10.5. The molecule has 0 saturated carbocycles. The van der Waals surface area contributed by atoms with Crippen molar-refractivity contribution in [2.75, 3.05) is 24.9 Å². The molecule has 0 fully saturated rings. The maximum Gasteiger partial charge on any atom is 0.247 e. The molecule has 0 aliphatic carbocycles. The monoisotopic (exact) mass is 494 g/mol. The number of carbonyl (C=O) groups is 1. The number of ether oxygens (including phenoxy) is 3. The van der Waals surface area contributed by atoms with Crippen LogP contribution in [0.2, 0.25) is 0 Å². The second-order valence-electron chi connectivity index (χ2n) is 8.40. The molecule has 1 aliphatic heterocycles. The fraction of sp³-hybridized carbons (Fsp3) is 0.385. The zero-order valence-corrected chi connectivity index (χ0v) is 21.7. The largest absolute Gasteiger partial charge is 0.497 e. The van der Waals surface area contributed by atoms with E-state index in [1.807, 2.05) is 32.0 Å². The molecule has 0 N–H and O–H groups in total. The Kier molecular flexibility index (Phi) is 7.45. The summed E-state index contributed by atoms with van der Waals surface area (Å²) in [5, 5.41) is 9.43. The summed E-state index contributed by atoms with van der Waals surface area (Å²) in [4.78, 5) is 19.6. The highest BCUT2D eigenvalue weighted by molar-refractivity contribution is 7.99. The number of fused-ring (bicyclic) bond motifs is 3. The lowest BCUT2D eigenvalue weighted by Crippen LogP contribution is -2.36. The molecular formula is C26H30N4O4S. The van der Waals surface area contributed by atoms with Gasteiger partial charge in [-0.05, 0) is 50.1 Å². The average molecular weight is 495 g/mol. The van der Waals surface area contributed by atoms with Gasteiger partial charge in [0.1, 0.15) is 11.5 Å². The van der Waals surface area contributed by atoms with Crippen molar-refractivity contribution in [1.29, 1.82) is 0 Å². The van der Waals surface area contributed by atoms with Crippen LogP contribution >= 0.6 is 11.8 Å². The van der Waals surface area contributed by atoms with Crippen LogP contribution in [-0.4, -0.2) is 41.1 Å². The van der Waals surface area contributed by atoms with Gasteiger partial charge in [0.2, 0.25) is 23.2 Å². The molecule has 0 radical (unpaired) electrons. The molecule has 1 aromatic heterocycles. The van der Waals surface area contributed by atoms with Gasteiger partial charge in [-0.3, -0.25) is 9.69 Å². The van der Waals surface area contributed by atoms with E-state index >= 15 is 0 Å². The number of hydrogen-bond acceptors (Lipinski definition) is 8. The average Bonchev–Trinajstić information content (AvgIpc) is 2.98. The van der Waals surface area contributed by atoms with Gasteiger partial charge >= 0.3 is 0 Å². The lowest BCUT2D eigenvalue weighted by Gasteiger charge is -2.32. The smallest absolute Gasteiger partial charge is 0.247 e. The minimum atomic E-state index is -0.857. The SMILES string of the molecule is CCCCSc1nnc2c(n1)O[C@H](c1cc(OC)ccc1OC)N(C(C)=O)c1c(C)cc(C)cc1-2. The third-order valence-corrected chi connectivity index (χ3v) is 6.73. The molecule has 35 heavy (non-hydrogen) atoms. The van der Waals surface area contributed by atoms with Gasteiger partial charge < -0.3 is 14.2 Å². The Morgan fingerprint density at radius 2 is 1.94 bits per heavy atom. The number of thioether (sulfide) groups is 1. The zero-order chi connectivity index (χ0) is 25.1. The van der Waals surface area contributed by atoms with Crippen molar-refractivity contribution < 1.29 is 19.0 Å². The number of hydrogen-bond donors (Lipinski definition) is 0. The van der Waals surface area contributed by atoms with Crippen LogP contribution in [0.25, 0.3) is 11.3 Å². The third-order valence-electron chi connectivity index (χ3n) is 5.81. The molecule has 9 heteroatoms. The first-order valence-electron chi connectivity index (χ1n) is 11.5. The topological polar surface area (TPSA) is 86.7 Å². The predicted octanol–water partition coefficient (Wildman–Crippen LogP) is 5.51. The van der Waals surface area contributed by atoms with Gasteiger partial charge in [-0.1, -0.05) is 36.7 Å². The van der Waals surface area contributed by atoms with Gasteiger partial charge in [0, 0.05) is 18.2 Å². The van der Waals surface area contributed by atoms with Crippen LogP contribution in [0.15, 0.2) is 35.5 Å². The Hall–Kier alpha value is -3.33. The van der Waals surface area contributed by atoms with E-state index in [0.29, 0.717) is 39.5 Å². The highest BCUT2D eigenvalue weighted by Gasteiger charge is 2.37. The Morgan fingerprint density at radius 1 is 1.14 bits per heavy atom. The van der Waals surface area contributed by atoms with Crippen LogP contribution in [-0.2, 0) is 4.79 Å². The number of aryl methyl sites for hydroxylation is 2. The highest BCUT2D eigenvalue weighted by atomic mass is 32.2. The van der Waals surface area contributed by atoms with Crippen molar-refractivity contribution in [2.24, 2.45) is 0 Å². The van der Waals surface area contributed by atoms with Crippen LogP contribution in [0.1, 0.15) is 49.6 Å². The summed E-state index contributed by atoms with van der Waals surface area (Å²) in [5.74, 6) is 2.21. The van der Waals surface area contributed by atoms with Crippen molar-refractivity contribution in [2.45, 2.75) is 51.9 Å². The number of aromatic nitrogens is 3. The zero-order valence-electron chi connectivity index (χ0n) is 20.9. The predicted molar refractivity (Wildman–Crippen MR) is 136 cm³/mol. The van der Waals surface area contributed by atoms with Crippen LogP contribution in [0.4, 0.5) is 5.69 Å². The van der Waals surface area contributed by atoms with Gasteiger partial charge in [-0.25, -0.2) is 0 Å². The molecule has 1 amide bonds. The fourth-order valence-electron chi connectivity index (χ4n) is 4.21. The van der Waals surface area contributed by atoms with Crippen molar-refractivity contribution in [3.05, 3.63) is 47.0 Å². The van der Waals surface area contributed by atoms with E-state index in [1.165, 1.54) is 6.92 Å². The summed E-state index contributed by atoms with van der Waals surface area (Å²) in [5.41, 5.74) is 4.56. The fourth-order valence-corrected chi connectivity index (χ4v) is 5.07. The normalized spacial score (nSPS) is 14.5. The van der Waals surface area contributed by atoms with E-state index in [9.17, 15) is 4.79 Å². The van der Waals surface area contributed by atoms with Crippen LogP contribution < -0.4 is 19.1 Å². The van der Waals surface area contributed by atoms with E-state index in [-0.39, 0.29) is 5.91 Å². The Bertz CT molecular complexity index is 1250. The summed E-state index contributed by atoms with van der Waals surface area (Å²) in [7, 11) is 3.18. The molecule has 0 saturated heterocycles. The van der Waals surface area contributed by atoms with Gasteiger partial charge in [-0.2, -0.15) is 4.98 Å². The molecule has 0 spiro atoms. The highest BCUT2D eigenvalue weighted by Crippen LogP contribution is 2.47. The first-order valence-corrected chi connectivity index (χ1v) is 12.5. The molecule has 1 aliphatic rings. The molecule has 1 atom stereocenters. The quantitative estimate of drug-likeness (QED) is 0.314. The molecule has 0 bridgehead atoms. The molecule has 2 heterocycles. The molecule has 8 nitrogen and oxygen atoms in total.